The zero-order valence-corrected chi connectivity index (χ0v) is 17.4. The molecule has 1 heterocycles. The van der Waals surface area contributed by atoms with Gasteiger partial charge in [-0.2, -0.15) is 0 Å². The minimum Gasteiger partial charge on any atom is -0.441 e. The van der Waals surface area contributed by atoms with Crippen molar-refractivity contribution in [3.8, 4) is 0 Å². The number of esters is 1. The number of nitrogens with zero attached hydrogens (tertiary/aromatic N) is 1. The number of ether oxygens (including phenoxy) is 1. The van der Waals surface area contributed by atoms with Crippen LogP contribution in [-0.4, -0.2) is 44.0 Å². The van der Waals surface area contributed by atoms with Crippen molar-refractivity contribution in [3.05, 3.63) is 12.2 Å². The first-order valence-corrected chi connectivity index (χ1v) is 11.6. The van der Waals surface area contributed by atoms with Gasteiger partial charge in [0.1, 0.15) is 5.92 Å². The van der Waals surface area contributed by atoms with Gasteiger partial charge in [-0.15, -0.1) is 0 Å². The van der Waals surface area contributed by atoms with E-state index in [1.807, 2.05) is 26.0 Å². The lowest BCUT2D eigenvalue weighted by Gasteiger charge is -2.50. The highest BCUT2D eigenvalue weighted by Crippen LogP contribution is 2.40. The highest BCUT2D eigenvalue weighted by molar-refractivity contribution is 6.74. The molecule has 0 radical (unpaired) electrons. The van der Waals surface area contributed by atoms with Crippen molar-refractivity contribution in [3.63, 3.8) is 0 Å². The molecule has 0 unspecified atom stereocenters. The summed E-state index contributed by atoms with van der Waals surface area (Å²) in [5.74, 6) is -0.765. The molecule has 3 atom stereocenters. The van der Waals surface area contributed by atoms with Crippen LogP contribution in [0.4, 0.5) is 0 Å². The average molecular weight is 356 g/mol. The van der Waals surface area contributed by atoms with Gasteiger partial charge in [0.2, 0.25) is 5.91 Å². The Hall–Kier alpha value is -1.14. The molecule has 24 heavy (non-hydrogen) atoms. The maximum absolute atomic E-state index is 12.6. The molecule has 0 aromatic rings. The van der Waals surface area contributed by atoms with Gasteiger partial charge in [-0.3, -0.25) is 9.59 Å². The summed E-state index contributed by atoms with van der Waals surface area (Å²) < 4.78 is 11.8. The van der Waals surface area contributed by atoms with Gasteiger partial charge in [0, 0.05) is 13.5 Å². The van der Waals surface area contributed by atoms with Crippen LogP contribution in [0.15, 0.2) is 12.2 Å². The summed E-state index contributed by atoms with van der Waals surface area (Å²) in [5.41, 5.74) is 0. The van der Waals surface area contributed by atoms with E-state index in [0.717, 1.165) is 6.42 Å². The van der Waals surface area contributed by atoms with Crippen LogP contribution in [0, 0.1) is 5.92 Å². The fourth-order valence-corrected chi connectivity index (χ4v) is 4.05. The third kappa shape index (κ3) is 4.69. The molecule has 0 bridgehead atoms. The summed E-state index contributed by atoms with van der Waals surface area (Å²) in [7, 11) is -1.99. The second kappa shape index (κ2) is 7.83. The zero-order chi connectivity index (χ0) is 18.7. The van der Waals surface area contributed by atoms with Gasteiger partial charge >= 0.3 is 5.97 Å². The fourth-order valence-electron chi connectivity index (χ4n) is 2.62. The largest absolute Gasteiger partial charge is 0.441 e. The van der Waals surface area contributed by atoms with E-state index < -0.39 is 20.5 Å². The van der Waals surface area contributed by atoms with Gasteiger partial charge in [-0.1, -0.05) is 32.9 Å². The highest BCUT2D eigenvalue weighted by Gasteiger charge is 2.54. The molecule has 1 amide bonds. The lowest BCUT2D eigenvalue weighted by Crippen LogP contribution is -2.67. The van der Waals surface area contributed by atoms with E-state index in [0.29, 0.717) is 6.54 Å². The molecule has 0 aromatic heterocycles. The third-order valence-electron chi connectivity index (χ3n) is 5.03. The Bertz CT molecular complexity index is 496. The molecule has 0 spiro atoms. The standard InChI is InChI=1S/C18H33NO4Si/c1-9-10-11-12-19-16(21)15(17(19)22-14(3)20)13(2)23-24(7,8)18(4,5)6/h9-10,13,15,17H,11-12H2,1-8H3/b10-9+/t13-,15+,17-/m1/s1. The maximum atomic E-state index is 12.6. The van der Waals surface area contributed by atoms with Crippen LogP contribution in [0.2, 0.25) is 18.1 Å². The van der Waals surface area contributed by atoms with Crippen molar-refractivity contribution in [1.82, 2.24) is 4.90 Å². The molecule has 1 saturated heterocycles. The van der Waals surface area contributed by atoms with Crippen LogP contribution in [-0.2, 0) is 18.8 Å². The molecule has 0 N–H and O–H groups in total. The van der Waals surface area contributed by atoms with Gasteiger partial charge in [0.05, 0.1) is 6.10 Å². The molecule has 1 aliphatic heterocycles. The van der Waals surface area contributed by atoms with Crippen LogP contribution in [0.1, 0.15) is 48.0 Å². The lowest BCUT2D eigenvalue weighted by atomic mass is 9.90. The quantitative estimate of drug-likeness (QED) is 0.302. The summed E-state index contributed by atoms with van der Waals surface area (Å²) >= 11 is 0. The van der Waals surface area contributed by atoms with Gasteiger partial charge in [0.25, 0.3) is 0 Å². The zero-order valence-electron chi connectivity index (χ0n) is 16.4. The molecular weight excluding hydrogens is 322 g/mol. The van der Waals surface area contributed by atoms with E-state index in [-0.39, 0.29) is 23.0 Å². The SMILES string of the molecule is C/C=C/CCN1C(=O)[C@H]([C@@H](C)O[Si](C)(C)C(C)(C)C)[C@H]1OC(C)=O. The Labute approximate surface area is 147 Å². The van der Waals surface area contributed by atoms with Crippen molar-refractivity contribution in [2.45, 2.75) is 78.4 Å². The molecule has 0 aliphatic carbocycles. The number of amides is 1. The Morgan fingerprint density at radius 2 is 1.96 bits per heavy atom. The van der Waals surface area contributed by atoms with E-state index >= 15 is 0 Å². The Morgan fingerprint density at radius 3 is 2.42 bits per heavy atom. The van der Waals surface area contributed by atoms with Crippen LogP contribution >= 0.6 is 0 Å². The highest BCUT2D eigenvalue weighted by atomic mass is 28.4. The lowest BCUT2D eigenvalue weighted by molar-refractivity contribution is -0.205. The van der Waals surface area contributed by atoms with Gasteiger partial charge in [-0.05, 0) is 38.4 Å². The molecule has 138 valence electrons. The first-order valence-electron chi connectivity index (χ1n) is 8.69. The van der Waals surface area contributed by atoms with E-state index in [1.54, 1.807) is 4.90 Å². The van der Waals surface area contributed by atoms with Crippen molar-refractivity contribution in [2.24, 2.45) is 5.92 Å². The summed E-state index contributed by atoms with van der Waals surface area (Å²) in [6.45, 7) is 16.6. The predicted octanol–water partition coefficient (Wildman–Crippen LogP) is 3.71. The summed E-state index contributed by atoms with van der Waals surface area (Å²) in [6.07, 6.45) is 3.93. The molecule has 0 aromatic carbocycles. The van der Waals surface area contributed by atoms with Crippen molar-refractivity contribution in [2.75, 3.05) is 6.54 Å². The van der Waals surface area contributed by atoms with Gasteiger partial charge < -0.3 is 14.1 Å². The van der Waals surface area contributed by atoms with E-state index in [9.17, 15) is 9.59 Å². The van der Waals surface area contributed by atoms with E-state index in [2.05, 4.69) is 33.9 Å². The Morgan fingerprint density at radius 1 is 1.38 bits per heavy atom. The van der Waals surface area contributed by atoms with Gasteiger partial charge in [-0.25, -0.2) is 0 Å². The number of rotatable bonds is 7. The van der Waals surface area contributed by atoms with Crippen LogP contribution in [0.3, 0.4) is 0 Å². The molecule has 5 nitrogen and oxygen atoms in total. The predicted molar refractivity (Wildman–Crippen MR) is 97.9 cm³/mol. The number of carbonyl (C=O) groups excluding carboxylic acids is 2. The molecule has 0 saturated carbocycles. The summed E-state index contributed by atoms with van der Waals surface area (Å²) in [4.78, 5) is 25.6. The molecule has 1 fully saturated rings. The third-order valence-corrected chi connectivity index (χ3v) is 9.61. The molecule has 1 aliphatic rings. The summed E-state index contributed by atoms with van der Waals surface area (Å²) in [6, 6.07) is 0. The number of hydrogen-bond acceptors (Lipinski definition) is 4. The first-order chi connectivity index (χ1) is 10.9. The number of carbonyl (C=O) groups is 2. The number of hydrogen-bond donors (Lipinski definition) is 0. The van der Waals surface area contributed by atoms with Crippen molar-refractivity contribution >= 4 is 20.2 Å². The van der Waals surface area contributed by atoms with Crippen molar-refractivity contribution in [1.29, 1.82) is 0 Å². The maximum Gasteiger partial charge on any atom is 0.304 e. The molecular formula is C18H33NO4Si. The van der Waals surface area contributed by atoms with Crippen LogP contribution in [0.25, 0.3) is 0 Å². The normalized spacial score (nSPS) is 23.3. The van der Waals surface area contributed by atoms with Gasteiger partial charge in [0.15, 0.2) is 14.5 Å². The smallest absolute Gasteiger partial charge is 0.304 e. The number of β-lactam (4-membered cyclic amide) rings is 1. The topological polar surface area (TPSA) is 55.8 Å². The number of allylic oxidation sites excluding steroid dienone is 1. The second-order valence-electron chi connectivity index (χ2n) is 8.00. The monoisotopic (exact) mass is 355 g/mol. The minimum atomic E-state index is -1.99. The average Bonchev–Trinajstić information content (AvgIpc) is 2.40. The van der Waals surface area contributed by atoms with Crippen molar-refractivity contribution < 1.29 is 18.8 Å². The van der Waals surface area contributed by atoms with Crippen LogP contribution < -0.4 is 0 Å². The van der Waals surface area contributed by atoms with E-state index in [4.69, 9.17) is 9.16 Å². The second-order valence-corrected chi connectivity index (χ2v) is 12.8. The van der Waals surface area contributed by atoms with E-state index in [1.165, 1.54) is 6.92 Å². The fraction of sp³-hybridized carbons (Fsp3) is 0.778. The first kappa shape index (κ1) is 20.9. The molecule has 6 heteroatoms. The Kier molecular flexibility index (Phi) is 6.81. The minimum absolute atomic E-state index is 0.0111. The molecule has 1 rings (SSSR count). The summed E-state index contributed by atoms with van der Waals surface area (Å²) in [5, 5.41) is 0.0661. The number of likely N-dealkylation sites (tertiary alicyclic amines) is 1. The van der Waals surface area contributed by atoms with Crippen LogP contribution in [0.5, 0.6) is 0 Å². The Balaban J connectivity index is 2.84.